The van der Waals surface area contributed by atoms with Crippen LogP contribution in [0.4, 0.5) is 0 Å². The van der Waals surface area contributed by atoms with Gasteiger partial charge in [-0.25, -0.2) is 0 Å². The fourth-order valence-electron chi connectivity index (χ4n) is 3.60. The number of amides is 1. The zero-order valence-electron chi connectivity index (χ0n) is 14.9. The van der Waals surface area contributed by atoms with Gasteiger partial charge in [0.25, 0.3) is 5.91 Å². The van der Waals surface area contributed by atoms with Crippen LogP contribution in [-0.2, 0) is 13.6 Å². The molecule has 1 unspecified atom stereocenters. The van der Waals surface area contributed by atoms with Gasteiger partial charge in [-0.3, -0.25) is 14.4 Å². The lowest BCUT2D eigenvalue weighted by atomic mass is 10.0. The first-order chi connectivity index (χ1) is 12.7. The molecule has 2 aromatic carbocycles. The number of aryl methyl sites for hydroxylation is 1. The molecule has 26 heavy (non-hydrogen) atoms. The van der Waals surface area contributed by atoms with Crippen LogP contribution in [0.2, 0.25) is 0 Å². The van der Waals surface area contributed by atoms with Gasteiger partial charge in [0.1, 0.15) is 0 Å². The maximum Gasteiger partial charge on any atom is 0.251 e. The van der Waals surface area contributed by atoms with Crippen LogP contribution in [0, 0.1) is 0 Å². The van der Waals surface area contributed by atoms with Crippen molar-refractivity contribution in [1.29, 1.82) is 0 Å². The largest absolute Gasteiger partial charge is 0.348 e. The van der Waals surface area contributed by atoms with Crippen molar-refractivity contribution in [2.24, 2.45) is 7.05 Å². The third-order valence-electron chi connectivity index (χ3n) is 5.05. The molecule has 1 fully saturated rings. The van der Waals surface area contributed by atoms with Gasteiger partial charge < -0.3 is 5.32 Å². The highest BCUT2D eigenvalue weighted by molar-refractivity contribution is 5.98. The molecule has 0 bridgehead atoms. The zero-order chi connectivity index (χ0) is 17.9. The van der Waals surface area contributed by atoms with Gasteiger partial charge in [-0.15, -0.1) is 5.10 Å². The van der Waals surface area contributed by atoms with E-state index in [0.29, 0.717) is 0 Å². The molecule has 1 amide bonds. The average molecular weight is 349 g/mol. The van der Waals surface area contributed by atoms with Crippen molar-refractivity contribution in [3.63, 3.8) is 0 Å². The van der Waals surface area contributed by atoms with E-state index in [4.69, 9.17) is 0 Å². The lowest BCUT2D eigenvalue weighted by Gasteiger charge is -2.33. The van der Waals surface area contributed by atoms with Crippen molar-refractivity contribution in [1.82, 2.24) is 25.2 Å². The molecule has 4 rings (SSSR count). The summed E-state index contributed by atoms with van der Waals surface area (Å²) >= 11 is 0. The predicted octanol–water partition coefficient (Wildman–Crippen LogP) is 2.36. The Balaban J connectivity index is 1.40. The zero-order valence-corrected chi connectivity index (χ0v) is 14.9. The van der Waals surface area contributed by atoms with Crippen LogP contribution in [0.25, 0.3) is 10.8 Å². The smallest absolute Gasteiger partial charge is 0.251 e. The number of carbonyl (C=O) groups is 1. The normalized spacial score (nSPS) is 18.1. The van der Waals surface area contributed by atoms with E-state index >= 15 is 0 Å². The number of hydrogen-bond acceptors (Lipinski definition) is 4. The summed E-state index contributed by atoms with van der Waals surface area (Å²) in [6, 6.07) is 14.1. The Labute approximate surface area is 152 Å². The molecule has 6 nitrogen and oxygen atoms in total. The first kappa shape index (κ1) is 16.7. The third kappa shape index (κ3) is 3.60. The summed E-state index contributed by atoms with van der Waals surface area (Å²) in [5.74, 6) is 0.00445. The number of benzene rings is 2. The van der Waals surface area contributed by atoms with Gasteiger partial charge in [0.05, 0.1) is 11.9 Å². The number of fused-ring (bicyclic) bond motifs is 1. The maximum atomic E-state index is 12.7. The lowest BCUT2D eigenvalue weighted by molar-refractivity contribution is 0.0899. The molecule has 1 N–H and O–H groups in total. The number of nitrogens with zero attached hydrogens (tertiary/aromatic N) is 4. The van der Waals surface area contributed by atoms with E-state index in [0.717, 1.165) is 54.5 Å². The van der Waals surface area contributed by atoms with Crippen LogP contribution in [0.5, 0.6) is 0 Å². The van der Waals surface area contributed by atoms with Crippen molar-refractivity contribution in [3.05, 3.63) is 59.9 Å². The van der Waals surface area contributed by atoms with E-state index < -0.39 is 0 Å². The molecule has 1 aliphatic heterocycles. The first-order valence-corrected chi connectivity index (χ1v) is 9.04. The van der Waals surface area contributed by atoms with Gasteiger partial charge in [-0.1, -0.05) is 35.5 Å². The minimum Gasteiger partial charge on any atom is -0.348 e. The van der Waals surface area contributed by atoms with Gasteiger partial charge in [0.2, 0.25) is 0 Å². The van der Waals surface area contributed by atoms with Crippen LogP contribution in [0.15, 0.2) is 48.7 Å². The second-order valence-electron chi connectivity index (χ2n) is 6.96. The molecule has 0 aliphatic carbocycles. The molecule has 1 aliphatic rings. The first-order valence-electron chi connectivity index (χ1n) is 9.04. The van der Waals surface area contributed by atoms with E-state index in [1.807, 2.05) is 43.4 Å². The number of piperidine rings is 1. The van der Waals surface area contributed by atoms with E-state index in [1.165, 1.54) is 0 Å². The Bertz CT molecular complexity index is 919. The highest BCUT2D eigenvalue weighted by Crippen LogP contribution is 2.17. The van der Waals surface area contributed by atoms with Crippen molar-refractivity contribution in [3.8, 4) is 0 Å². The Morgan fingerprint density at radius 1 is 1.23 bits per heavy atom. The van der Waals surface area contributed by atoms with Gasteiger partial charge in [-0.05, 0) is 42.3 Å². The Morgan fingerprint density at radius 2 is 2.08 bits per heavy atom. The van der Waals surface area contributed by atoms with Crippen molar-refractivity contribution in [2.45, 2.75) is 25.4 Å². The van der Waals surface area contributed by atoms with Crippen LogP contribution < -0.4 is 5.32 Å². The van der Waals surface area contributed by atoms with Crippen LogP contribution >= 0.6 is 0 Å². The number of aromatic nitrogens is 3. The Kier molecular flexibility index (Phi) is 4.67. The molecule has 3 aromatic rings. The predicted molar refractivity (Wildman–Crippen MR) is 101 cm³/mol. The third-order valence-corrected chi connectivity index (χ3v) is 5.05. The van der Waals surface area contributed by atoms with Crippen LogP contribution in [0.3, 0.4) is 0 Å². The fraction of sp³-hybridized carbons (Fsp3) is 0.350. The number of rotatable bonds is 4. The minimum absolute atomic E-state index is 0.00445. The highest BCUT2D eigenvalue weighted by Gasteiger charge is 2.22. The van der Waals surface area contributed by atoms with Gasteiger partial charge >= 0.3 is 0 Å². The summed E-state index contributed by atoms with van der Waals surface area (Å²) in [5, 5.41) is 13.4. The van der Waals surface area contributed by atoms with Gasteiger partial charge in [0.15, 0.2) is 0 Å². The fourth-order valence-corrected chi connectivity index (χ4v) is 3.60. The molecule has 1 atom stereocenters. The topological polar surface area (TPSA) is 63.1 Å². The van der Waals surface area contributed by atoms with Gasteiger partial charge in [-0.2, -0.15) is 0 Å². The Hall–Kier alpha value is -2.73. The summed E-state index contributed by atoms with van der Waals surface area (Å²) in [7, 11) is 1.91. The van der Waals surface area contributed by atoms with Crippen molar-refractivity contribution < 1.29 is 4.79 Å². The second-order valence-corrected chi connectivity index (χ2v) is 6.96. The van der Waals surface area contributed by atoms with Crippen LogP contribution in [0.1, 0.15) is 28.9 Å². The summed E-state index contributed by atoms with van der Waals surface area (Å²) < 4.78 is 1.80. The molecule has 6 heteroatoms. The van der Waals surface area contributed by atoms with Crippen LogP contribution in [-0.4, -0.2) is 44.9 Å². The van der Waals surface area contributed by atoms with E-state index in [1.54, 1.807) is 10.9 Å². The summed E-state index contributed by atoms with van der Waals surface area (Å²) in [6.45, 7) is 2.70. The summed E-state index contributed by atoms with van der Waals surface area (Å²) in [6.07, 6.45) is 3.89. The summed E-state index contributed by atoms with van der Waals surface area (Å²) in [5.41, 5.74) is 1.81. The molecular formula is C20H23N5O. The minimum atomic E-state index is 0.00445. The molecule has 134 valence electrons. The number of hydrogen-bond donors (Lipinski definition) is 1. The standard InChI is InChI=1S/C20H23N5O/c1-24-19(12-21-23-24)14-25-10-4-7-18(13-25)22-20(26)17-9-8-15-5-2-3-6-16(15)11-17/h2-3,5-6,8-9,11-12,18H,4,7,10,13-14H2,1H3,(H,22,26). The van der Waals surface area contributed by atoms with E-state index in [2.05, 4.69) is 26.6 Å². The van der Waals surface area contributed by atoms with Crippen molar-refractivity contribution in [2.75, 3.05) is 13.1 Å². The molecule has 0 spiro atoms. The maximum absolute atomic E-state index is 12.7. The molecule has 2 heterocycles. The molecule has 1 aromatic heterocycles. The number of carbonyl (C=O) groups excluding carboxylic acids is 1. The summed E-state index contributed by atoms with van der Waals surface area (Å²) in [4.78, 5) is 15.0. The molecule has 0 radical (unpaired) electrons. The van der Waals surface area contributed by atoms with E-state index in [9.17, 15) is 4.79 Å². The average Bonchev–Trinajstić information content (AvgIpc) is 3.06. The lowest BCUT2D eigenvalue weighted by Crippen LogP contribution is -2.47. The second kappa shape index (κ2) is 7.25. The SMILES string of the molecule is Cn1nncc1CN1CCCC(NC(=O)c2ccc3ccccc3c2)C1. The quantitative estimate of drug-likeness (QED) is 0.785. The number of nitrogens with one attached hydrogen (secondary N) is 1. The van der Waals surface area contributed by atoms with E-state index in [-0.39, 0.29) is 11.9 Å². The Morgan fingerprint density at radius 3 is 2.88 bits per heavy atom. The molecule has 0 saturated carbocycles. The monoisotopic (exact) mass is 349 g/mol. The molecular weight excluding hydrogens is 326 g/mol. The number of likely N-dealkylation sites (tertiary alicyclic amines) is 1. The van der Waals surface area contributed by atoms with Crippen molar-refractivity contribution >= 4 is 16.7 Å². The van der Waals surface area contributed by atoms with Gasteiger partial charge in [0, 0.05) is 31.7 Å². The molecule has 1 saturated heterocycles. The highest BCUT2D eigenvalue weighted by atomic mass is 16.1.